The zero-order chi connectivity index (χ0) is 15.3. The van der Waals surface area contributed by atoms with E-state index in [2.05, 4.69) is 5.32 Å². The zero-order valence-corrected chi connectivity index (χ0v) is 11.9. The van der Waals surface area contributed by atoms with Crippen LogP contribution >= 0.6 is 12.4 Å². The van der Waals surface area contributed by atoms with Crippen molar-refractivity contribution in [3.8, 4) is 0 Å². The van der Waals surface area contributed by atoms with Gasteiger partial charge in [-0.1, -0.05) is 0 Å². The van der Waals surface area contributed by atoms with Gasteiger partial charge in [-0.3, -0.25) is 9.59 Å². The van der Waals surface area contributed by atoms with Gasteiger partial charge in [0.25, 0.3) is 11.8 Å². The maximum atomic E-state index is 13.3. The number of amides is 2. The van der Waals surface area contributed by atoms with Crippen LogP contribution in [0.25, 0.3) is 0 Å². The number of anilines is 1. The van der Waals surface area contributed by atoms with Gasteiger partial charge in [0.05, 0.1) is 18.8 Å². The fraction of sp³-hybridized carbons (Fsp3) is 0.333. The van der Waals surface area contributed by atoms with Crippen LogP contribution in [0.3, 0.4) is 0 Å². The van der Waals surface area contributed by atoms with E-state index in [9.17, 15) is 22.8 Å². The number of halogens is 4. The topological polar surface area (TPSA) is 84.2 Å². The summed E-state index contributed by atoms with van der Waals surface area (Å²) in [5, 5.41) is 4.18. The lowest BCUT2D eigenvalue weighted by molar-refractivity contribution is -0.114. The van der Waals surface area contributed by atoms with Gasteiger partial charge in [-0.2, -0.15) is 0 Å². The summed E-state index contributed by atoms with van der Waals surface area (Å²) in [4.78, 5) is 22.5. The molecule has 0 aliphatic heterocycles. The van der Waals surface area contributed by atoms with Crippen LogP contribution in [0.5, 0.6) is 0 Å². The van der Waals surface area contributed by atoms with Crippen LogP contribution in [-0.4, -0.2) is 30.8 Å². The van der Waals surface area contributed by atoms with Gasteiger partial charge in [0.15, 0.2) is 0 Å². The molecule has 1 rings (SSSR count). The standard InChI is InChI=1S/C12H14F3N3O2.ClH/c1-7(19)18-10-4-8(2-3-9(10)13)11(20)17-6-12(14,15)5-16;/h2-4H,5-6,16H2,1H3,(H,17,20)(H,18,19);1H. The van der Waals surface area contributed by atoms with E-state index >= 15 is 0 Å². The molecule has 0 aromatic heterocycles. The Kier molecular flexibility index (Phi) is 7.17. The summed E-state index contributed by atoms with van der Waals surface area (Å²) < 4.78 is 39.1. The third-order valence-corrected chi connectivity index (χ3v) is 2.35. The first-order chi connectivity index (χ1) is 9.25. The molecular weight excluding hydrogens is 311 g/mol. The monoisotopic (exact) mass is 325 g/mol. The lowest BCUT2D eigenvalue weighted by Gasteiger charge is -2.14. The van der Waals surface area contributed by atoms with Crippen LogP contribution < -0.4 is 16.4 Å². The first-order valence-electron chi connectivity index (χ1n) is 5.68. The van der Waals surface area contributed by atoms with Gasteiger partial charge in [-0.15, -0.1) is 12.4 Å². The lowest BCUT2D eigenvalue weighted by atomic mass is 10.1. The Balaban J connectivity index is 0.00000400. The molecule has 0 aliphatic rings. The average molecular weight is 326 g/mol. The summed E-state index contributed by atoms with van der Waals surface area (Å²) in [7, 11) is 0. The van der Waals surface area contributed by atoms with Crippen LogP contribution in [0.15, 0.2) is 18.2 Å². The molecule has 0 bridgehead atoms. The first kappa shape index (κ1) is 19.2. The van der Waals surface area contributed by atoms with Crippen LogP contribution in [0.4, 0.5) is 18.9 Å². The molecule has 118 valence electrons. The largest absolute Gasteiger partial charge is 0.346 e. The minimum Gasteiger partial charge on any atom is -0.346 e. The molecule has 0 unspecified atom stereocenters. The summed E-state index contributed by atoms with van der Waals surface area (Å²) in [5.74, 6) is -5.28. The number of alkyl halides is 2. The molecule has 2 amide bonds. The Bertz CT molecular complexity index is 526. The zero-order valence-electron chi connectivity index (χ0n) is 11.1. The lowest BCUT2D eigenvalue weighted by Crippen LogP contribution is -2.41. The van der Waals surface area contributed by atoms with Gasteiger partial charge in [-0.05, 0) is 18.2 Å². The molecule has 9 heteroatoms. The molecule has 0 fully saturated rings. The molecule has 1 aromatic carbocycles. The van der Waals surface area contributed by atoms with Gasteiger partial charge in [0, 0.05) is 12.5 Å². The Morgan fingerprint density at radius 2 is 1.95 bits per heavy atom. The van der Waals surface area contributed by atoms with Crippen molar-refractivity contribution in [1.29, 1.82) is 0 Å². The van der Waals surface area contributed by atoms with E-state index in [1.54, 1.807) is 0 Å². The fourth-order valence-corrected chi connectivity index (χ4v) is 1.34. The summed E-state index contributed by atoms with van der Waals surface area (Å²) in [6.45, 7) is -0.642. The number of hydrogen-bond donors (Lipinski definition) is 3. The molecular formula is C12H15ClF3N3O2. The van der Waals surface area contributed by atoms with E-state index in [1.165, 1.54) is 6.92 Å². The van der Waals surface area contributed by atoms with Crippen molar-refractivity contribution in [3.63, 3.8) is 0 Å². The van der Waals surface area contributed by atoms with Gasteiger partial charge in [0.2, 0.25) is 5.91 Å². The van der Waals surface area contributed by atoms with Crippen molar-refractivity contribution in [3.05, 3.63) is 29.6 Å². The second-order valence-corrected chi connectivity index (χ2v) is 4.12. The van der Waals surface area contributed by atoms with Gasteiger partial charge < -0.3 is 16.4 Å². The highest BCUT2D eigenvalue weighted by molar-refractivity contribution is 5.96. The maximum absolute atomic E-state index is 13.3. The van der Waals surface area contributed by atoms with E-state index in [0.29, 0.717) is 0 Å². The Morgan fingerprint density at radius 3 is 2.48 bits per heavy atom. The molecule has 0 saturated heterocycles. The van der Waals surface area contributed by atoms with E-state index in [0.717, 1.165) is 18.2 Å². The normalized spacial score (nSPS) is 10.5. The SMILES string of the molecule is CC(=O)Nc1cc(C(=O)NCC(F)(F)CN)ccc1F.Cl. The molecule has 0 radical (unpaired) electrons. The number of hydrogen-bond acceptors (Lipinski definition) is 3. The molecule has 0 saturated carbocycles. The highest BCUT2D eigenvalue weighted by Gasteiger charge is 2.27. The third-order valence-electron chi connectivity index (χ3n) is 2.35. The van der Waals surface area contributed by atoms with Gasteiger partial charge in [-0.25, -0.2) is 13.2 Å². The smallest absolute Gasteiger partial charge is 0.277 e. The van der Waals surface area contributed by atoms with Gasteiger partial charge >= 0.3 is 0 Å². The second-order valence-electron chi connectivity index (χ2n) is 4.12. The molecule has 0 aliphatic carbocycles. The number of carbonyl (C=O) groups is 2. The molecule has 0 atom stereocenters. The average Bonchev–Trinajstić information content (AvgIpc) is 2.38. The number of carbonyl (C=O) groups excluding carboxylic acids is 2. The second kappa shape index (κ2) is 7.84. The molecule has 4 N–H and O–H groups in total. The molecule has 0 heterocycles. The van der Waals surface area contributed by atoms with E-state index in [4.69, 9.17) is 5.73 Å². The van der Waals surface area contributed by atoms with Crippen molar-refractivity contribution in [2.75, 3.05) is 18.4 Å². The molecule has 1 aromatic rings. The van der Waals surface area contributed by atoms with Crippen LogP contribution in [0.2, 0.25) is 0 Å². The van der Waals surface area contributed by atoms with E-state index < -0.39 is 36.6 Å². The van der Waals surface area contributed by atoms with Crippen LogP contribution in [0, 0.1) is 5.82 Å². The summed E-state index contributed by atoms with van der Waals surface area (Å²) in [6, 6.07) is 3.14. The van der Waals surface area contributed by atoms with Crippen molar-refractivity contribution >= 4 is 29.9 Å². The number of nitrogens with one attached hydrogen (secondary N) is 2. The molecule has 21 heavy (non-hydrogen) atoms. The highest BCUT2D eigenvalue weighted by Crippen LogP contribution is 2.16. The maximum Gasteiger partial charge on any atom is 0.277 e. The number of benzene rings is 1. The number of rotatable bonds is 5. The van der Waals surface area contributed by atoms with Gasteiger partial charge in [0.1, 0.15) is 5.82 Å². The van der Waals surface area contributed by atoms with E-state index in [-0.39, 0.29) is 23.7 Å². The number of nitrogens with two attached hydrogens (primary N) is 1. The highest BCUT2D eigenvalue weighted by atomic mass is 35.5. The van der Waals surface area contributed by atoms with E-state index in [1.807, 2.05) is 5.32 Å². The van der Waals surface area contributed by atoms with Crippen molar-refractivity contribution in [1.82, 2.24) is 5.32 Å². The Labute approximate surface area is 125 Å². The quantitative estimate of drug-likeness (QED) is 0.767. The minimum absolute atomic E-state index is 0. The van der Waals surface area contributed by atoms with Crippen molar-refractivity contribution < 1.29 is 22.8 Å². The summed E-state index contributed by atoms with van der Waals surface area (Å²) in [5.41, 5.74) is 4.58. The minimum atomic E-state index is -3.21. The Hall–Kier alpha value is -1.80. The fourth-order valence-electron chi connectivity index (χ4n) is 1.34. The molecule has 5 nitrogen and oxygen atoms in total. The van der Waals surface area contributed by atoms with Crippen LogP contribution in [-0.2, 0) is 4.79 Å². The molecule has 0 spiro atoms. The first-order valence-corrected chi connectivity index (χ1v) is 5.68. The van der Waals surface area contributed by atoms with Crippen molar-refractivity contribution in [2.45, 2.75) is 12.8 Å². The van der Waals surface area contributed by atoms with Crippen molar-refractivity contribution in [2.24, 2.45) is 5.73 Å². The predicted octanol–water partition coefficient (Wildman–Crippen LogP) is 1.53. The summed E-state index contributed by atoms with van der Waals surface area (Å²) in [6.07, 6.45) is 0. The third kappa shape index (κ3) is 6.01. The summed E-state index contributed by atoms with van der Waals surface area (Å²) >= 11 is 0. The predicted molar refractivity (Wildman–Crippen MR) is 74.3 cm³/mol. The Morgan fingerprint density at radius 1 is 1.33 bits per heavy atom. The van der Waals surface area contributed by atoms with Crippen LogP contribution in [0.1, 0.15) is 17.3 Å².